The Morgan fingerprint density at radius 1 is 1.15 bits per heavy atom. The number of aromatic amines is 1. The molecule has 100 valence electrons. The number of hydrogen-bond acceptors (Lipinski definition) is 2. The van der Waals surface area contributed by atoms with Crippen LogP contribution in [-0.4, -0.2) is 10.8 Å². The van der Waals surface area contributed by atoms with Crippen molar-refractivity contribution in [2.45, 2.75) is 6.92 Å². The molecule has 0 spiro atoms. The fourth-order valence-electron chi connectivity index (χ4n) is 2.32. The fourth-order valence-corrected chi connectivity index (χ4v) is 2.32. The van der Waals surface area contributed by atoms with Gasteiger partial charge in [-0.1, -0.05) is 6.07 Å². The first kappa shape index (κ1) is 12.4. The summed E-state index contributed by atoms with van der Waals surface area (Å²) < 4.78 is 13.2. The van der Waals surface area contributed by atoms with Crippen LogP contribution < -0.4 is 5.73 Å². The Morgan fingerprint density at radius 3 is 2.75 bits per heavy atom. The number of carbonyl (C=O) groups is 1. The maximum Gasteiger partial charge on any atom is 0.195 e. The topological polar surface area (TPSA) is 58.9 Å². The van der Waals surface area contributed by atoms with Gasteiger partial charge in [0, 0.05) is 33.9 Å². The number of rotatable bonds is 2. The smallest absolute Gasteiger partial charge is 0.195 e. The third-order valence-electron chi connectivity index (χ3n) is 3.39. The average molecular weight is 268 g/mol. The first-order valence-electron chi connectivity index (χ1n) is 6.24. The summed E-state index contributed by atoms with van der Waals surface area (Å²) in [5.74, 6) is -0.453. The van der Waals surface area contributed by atoms with E-state index in [0.29, 0.717) is 27.7 Å². The molecular formula is C16H13FN2O. The quantitative estimate of drug-likeness (QED) is 0.552. The summed E-state index contributed by atoms with van der Waals surface area (Å²) in [5.41, 5.74) is 8.84. The molecule has 0 aliphatic rings. The van der Waals surface area contributed by atoms with Crippen LogP contribution in [0.15, 0.2) is 42.6 Å². The first-order chi connectivity index (χ1) is 9.56. The molecule has 0 fully saturated rings. The Hall–Kier alpha value is -2.62. The number of fused-ring (bicyclic) bond motifs is 1. The van der Waals surface area contributed by atoms with E-state index in [9.17, 15) is 9.18 Å². The number of ketones is 1. The summed E-state index contributed by atoms with van der Waals surface area (Å²) in [5, 5.41) is 0.707. The van der Waals surface area contributed by atoms with Crippen LogP contribution in [0.1, 0.15) is 21.5 Å². The lowest BCUT2D eigenvalue weighted by atomic mass is 9.98. The highest BCUT2D eigenvalue weighted by Gasteiger charge is 2.16. The van der Waals surface area contributed by atoms with Crippen molar-refractivity contribution in [3.05, 3.63) is 65.1 Å². The summed E-state index contributed by atoms with van der Waals surface area (Å²) in [6.07, 6.45) is 1.61. The summed E-state index contributed by atoms with van der Waals surface area (Å²) >= 11 is 0. The summed E-state index contributed by atoms with van der Waals surface area (Å²) in [6.45, 7) is 1.86. The van der Waals surface area contributed by atoms with E-state index >= 15 is 0 Å². The van der Waals surface area contributed by atoms with Crippen molar-refractivity contribution < 1.29 is 9.18 Å². The molecule has 0 unspecified atom stereocenters. The molecule has 0 aliphatic heterocycles. The van der Waals surface area contributed by atoms with Gasteiger partial charge >= 0.3 is 0 Å². The Morgan fingerprint density at radius 2 is 1.95 bits per heavy atom. The number of aryl methyl sites for hydroxylation is 1. The number of anilines is 1. The van der Waals surface area contributed by atoms with E-state index in [-0.39, 0.29) is 11.6 Å². The van der Waals surface area contributed by atoms with Gasteiger partial charge in [-0.15, -0.1) is 0 Å². The van der Waals surface area contributed by atoms with Crippen molar-refractivity contribution in [3.63, 3.8) is 0 Å². The number of benzene rings is 2. The molecule has 20 heavy (non-hydrogen) atoms. The summed E-state index contributed by atoms with van der Waals surface area (Å²) in [4.78, 5) is 15.5. The Labute approximate surface area is 115 Å². The minimum atomic E-state index is -0.335. The van der Waals surface area contributed by atoms with Crippen molar-refractivity contribution in [3.8, 4) is 0 Å². The maximum absolute atomic E-state index is 13.2. The predicted octanol–water partition coefficient (Wildman–Crippen LogP) is 3.43. The van der Waals surface area contributed by atoms with Crippen LogP contribution in [-0.2, 0) is 0 Å². The number of hydrogen-bond donors (Lipinski definition) is 2. The Kier molecular flexibility index (Phi) is 2.79. The zero-order chi connectivity index (χ0) is 14.3. The van der Waals surface area contributed by atoms with Crippen LogP contribution in [0.25, 0.3) is 10.9 Å². The van der Waals surface area contributed by atoms with Gasteiger partial charge in [-0.3, -0.25) is 4.79 Å². The highest BCUT2D eigenvalue weighted by atomic mass is 19.1. The summed E-state index contributed by atoms with van der Waals surface area (Å²) in [7, 11) is 0. The minimum absolute atomic E-state index is 0.118. The molecule has 0 aliphatic carbocycles. The SMILES string of the molecule is Cc1ccc(N)cc1C(=O)c1c[nH]c2cc(F)ccc12. The summed E-state index contributed by atoms with van der Waals surface area (Å²) in [6, 6.07) is 9.57. The average Bonchev–Trinajstić information content (AvgIpc) is 2.83. The van der Waals surface area contributed by atoms with Crippen molar-refractivity contribution in [1.29, 1.82) is 0 Å². The van der Waals surface area contributed by atoms with Gasteiger partial charge < -0.3 is 10.7 Å². The molecule has 0 saturated heterocycles. The van der Waals surface area contributed by atoms with Crippen LogP contribution in [0.4, 0.5) is 10.1 Å². The number of aromatic nitrogens is 1. The molecule has 0 atom stereocenters. The zero-order valence-corrected chi connectivity index (χ0v) is 10.9. The molecule has 4 heteroatoms. The lowest BCUT2D eigenvalue weighted by Gasteiger charge is -2.05. The number of nitrogens with one attached hydrogen (secondary N) is 1. The minimum Gasteiger partial charge on any atom is -0.399 e. The molecule has 1 heterocycles. The van der Waals surface area contributed by atoms with Crippen molar-refractivity contribution in [2.75, 3.05) is 5.73 Å². The highest BCUT2D eigenvalue weighted by Crippen LogP contribution is 2.24. The highest BCUT2D eigenvalue weighted by molar-refractivity contribution is 6.17. The number of halogens is 1. The van der Waals surface area contributed by atoms with Crippen LogP contribution in [0.5, 0.6) is 0 Å². The van der Waals surface area contributed by atoms with Crippen LogP contribution >= 0.6 is 0 Å². The van der Waals surface area contributed by atoms with Gasteiger partial charge in [-0.25, -0.2) is 4.39 Å². The van der Waals surface area contributed by atoms with Crippen molar-refractivity contribution in [2.24, 2.45) is 0 Å². The Bertz CT molecular complexity index is 820. The van der Waals surface area contributed by atoms with Crippen LogP contribution in [0, 0.1) is 12.7 Å². The third-order valence-corrected chi connectivity index (χ3v) is 3.39. The van der Waals surface area contributed by atoms with Crippen molar-refractivity contribution in [1.82, 2.24) is 4.98 Å². The van der Waals surface area contributed by atoms with Gasteiger partial charge in [-0.05, 0) is 42.8 Å². The molecule has 0 saturated carbocycles. The van der Waals surface area contributed by atoms with Crippen LogP contribution in [0.3, 0.4) is 0 Å². The number of carbonyl (C=O) groups excluding carboxylic acids is 1. The lowest BCUT2D eigenvalue weighted by Crippen LogP contribution is -2.04. The molecule has 3 nitrogen and oxygen atoms in total. The first-order valence-corrected chi connectivity index (χ1v) is 6.24. The number of nitrogen functional groups attached to an aromatic ring is 1. The van der Waals surface area contributed by atoms with Gasteiger partial charge in [0.1, 0.15) is 5.82 Å². The lowest BCUT2D eigenvalue weighted by molar-refractivity contribution is 0.104. The van der Waals surface area contributed by atoms with Gasteiger partial charge in [0.2, 0.25) is 0 Å². The molecule has 0 amide bonds. The van der Waals surface area contributed by atoms with Gasteiger partial charge in [0.15, 0.2) is 5.78 Å². The fraction of sp³-hybridized carbons (Fsp3) is 0.0625. The predicted molar refractivity (Wildman–Crippen MR) is 77.3 cm³/mol. The molecule has 3 rings (SSSR count). The maximum atomic E-state index is 13.2. The molecule has 3 N–H and O–H groups in total. The van der Waals surface area contributed by atoms with Crippen LogP contribution in [0.2, 0.25) is 0 Å². The van der Waals surface area contributed by atoms with Gasteiger partial charge in [0.05, 0.1) is 0 Å². The monoisotopic (exact) mass is 268 g/mol. The molecular weight excluding hydrogens is 255 g/mol. The number of nitrogens with two attached hydrogens (primary N) is 1. The van der Waals surface area contributed by atoms with E-state index in [1.807, 2.05) is 13.0 Å². The van der Waals surface area contributed by atoms with E-state index in [1.165, 1.54) is 12.1 Å². The van der Waals surface area contributed by atoms with E-state index in [0.717, 1.165) is 5.56 Å². The molecule has 1 aromatic heterocycles. The Balaban J connectivity index is 2.15. The number of H-pyrrole nitrogens is 1. The molecule has 0 bridgehead atoms. The second-order valence-electron chi connectivity index (χ2n) is 4.80. The molecule has 0 radical (unpaired) electrons. The molecule has 3 aromatic rings. The van der Waals surface area contributed by atoms with Gasteiger partial charge in [-0.2, -0.15) is 0 Å². The standard InChI is InChI=1S/C16H13FN2O/c1-9-2-4-11(18)7-13(9)16(20)14-8-19-15-6-10(17)3-5-12(14)15/h2-8,19H,18H2,1H3. The zero-order valence-electron chi connectivity index (χ0n) is 10.9. The van der Waals surface area contributed by atoms with E-state index in [2.05, 4.69) is 4.98 Å². The molecule has 2 aromatic carbocycles. The van der Waals surface area contributed by atoms with Gasteiger partial charge in [0.25, 0.3) is 0 Å². The normalized spacial score (nSPS) is 10.9. The second-order valence-corrected chi connectivity index (χ2v) is 4.80. The third kappa shape index (κ3) is 1.95. The largest absolute Gasteiger partial charge is 0.399 e. The van der Waals surface area contributed by atoms with E-state index in [1.54, 1.807) is 24.4 Å². The van der Waals surface area contributed by atoms with E-state index in [4.69, 9.17) is 5.73 Å². The van der Waals surface area contributed by atoms with Crippen molar-refractivity contribution >= 4 is 22.4 Å². The second kappa shape index (κ2) is 4.49. The van der Waals surface area contributed by atoms with E-state index < -0.39 is 0 Å².